The van der Waals surface area contributed by atoms with E-state index < -0.39 is 0 Å². The maximum Gasteiger partial charge on any atom is 0.119 e. The SMILES string of the molecule is CNCC(CC1COC1)c1cccc(OC)c1. The Labute approximate surface area is 103 Å². The fourth-order valence-corrected chi connectivity index (χ4v) is 2.30. The smallest absolute Gasteiger partial charge is 0.119 e. The van der Waals surface area contributed by atoms with Gasteiger partial charge in [-0.3, -0.25) is 0 Å². The van der Waals surface area contributed by atoms with Crippen molar-refractivity contribution in [3.63, 3.8) is 0 Å². The summed E-state index contributed by atoms with van der Waals surface area (Å²) in [6.45, 7) is 2.85. The maximum absolute atomic E-state index is 5.28. The van der Waals surface area contributed by atoms with E-state index >= 15 is 0 Å². The van der Waals surface area contributed by atoms with Gasteiger partial charge in [-0.1, -0.05) is 12.1 Å². The van der Waals surface area contributed by atoms with Crippen LogP contribution in [0, 0.1) is 5.92 Å². The molecule has 1 aliphatic heterocycles. The molecule has 0 bridgehead atoms. The fraction of sp³-hybridized carbons (Fsp3) is 0.571. The Kier molecular flexibility index (Phi) is 4.40. The molecular weight excluding hydrogens is 214 g/mol. The number of methoxy groups -OCH3 is 1. The first-order valence-corrected chi connectivity index (χ1v) is 6.19. The van der Waals surface area contributed by atoms with Gasteiger partial charge in [-0.25, -0.2) is 0 Å². The van der Waals surface area contributed by atoms with E-state index in [9.17, 15) is 0 Å². The number of rotatable bonds is 6. The number of ether oxygens (including phenoxy) is 2. The van der Waals surface area contributed by atoms with Gasteiger partial charge in [0.15, 0.2) is 0 Å². The summed E-state index contributed by atoms with van der Waals surface area (Å²) in [5.74, 6) is 2.21. The van der Waals surface area contributed by atoms with E-state index in [1.54, 1.807) is 7.11 Å². The Bertz CT molecular complexity index is 350. The first-order valence-electron chi connectivity index (χ1n) is 6.19. The number of likely N-dealkylation sites (N-methyl/N-ethyl adjacent to an activating group) is 1. The maximum atomic E-state index is 5.28. The molecule has 17 heavy (non-hydrogen) atoms. The molecule has 0 aliphatic carbocycles. The largest absolute Gasteiger partial charge is 0.497 e. The van der Waals surface area contributed by atoms with Crippen molar-refractivity contribution < 1.29 is 9.47 Å². The lowest BCUT2D eigenvalue weighted by Gasteiger charge is -2.30. The lowest BCUT2D eigenvalue weighted by atomic mass is 9.87. The lowest BCUT2D eigenvalue weighted by molar-refractivity contribution is -0.0384. The summed E-state index contributed by atoms with van der Waals surface area (Å²) in [4.78, 5) is 0. The van der Waals surface area contributed by atoms with Gasteiger partial charge in [0.2, 0.25) is 0 Å². The normalized spacial score (nSPS) is 17.5. The molecule has 0 aromatic heterocycles. The number of benzene rings is 1. The van der Waals surface area contributed by atoms with E-state index in [-0.39, 0.29) is 0 Å². The summed E-state index contributed by atoms with van der Waals surface area (Å²) in [6.07, 6.45) is 1.19. The van der Waals surface area contributed by atoms with Crippen LogP contribution in [-0.4, -0.2) is 33.9 Å². The summed E-state index contributed by atoms with van der Waals surface area (Å²) >= 11 is 0. The molecule has 3 heteroatoms. The van der Waals surface area contributed by atoms with Crippen molar-refractivity contribution in [1.29, 1.82) is 0 Å². The molecule has 1 unspecified atom stereocenters. The molecule has 1 fully saturated rings. The zero-order valence-corrected chi connectivity index (χ0v) is 10.6. The van der Waals surface area contributed by atoms with Crippen molar-refractivity contribution in [1.82, 2.24) is 5.32 Å². The molecule has 1 heterocycles. The summed E-state index contributed by atoms with van der Waals surface area (Å²) in [5, 5.41) is 3.28. The van der Waals surface area contributed by atoms with Crippen LogP contribution in [0.1, 0.15) is 17.9 Å². The van der Waals surface area contributed by atoms with Gasteiger partial charge in [0, 0.05) is 12.5 Å². The molecule has 94 valence electrons. The van der Waals surface area contributed by atoms with Gasteiger partial charge in [-0.2, -0.15) is 0 Å². The molecule has 2 rings (SSSR count). The van der Waals surface area contributed by atoms with Gasteiger partial charge in [-0.05, 0) is 37.1 Å². The minimum Gasteiger partial charge on any atom is -0.497 e. The zero-order chi connectivity index (χ0) is 12.1. The second-order valence-corrected chi connectivity index (χ2v) is 4.67. The van der Waals surface area contributed by atoms with E-state index in [0.717, 1.165) is 31.4 Å². The van der Waals surface area contributed by atoms with Crippen LogP contribution in [0.25, 0.3) is 0 Å². The molecule has 0 radical (unpaired) electrons. The Balaban J connectivity index is 2.06. The molecule has 0 amide bonds. The predicted octanol–water partition coefficient (Wildman–Crippen LogP) is 2.03. The zero-order valence-electron chi connectivity index (χ0n) is 10.6. The molecule has 1 aliphatic rings. The van der Waals surface area contributed by atoms with Crippen LogP contribution in [0.15, 0.2) is 24.3 Å². The molecule has 0 saturated carbocycles. The molecule has 3 nitrogen and oxygen atoms in total. The molecule has 1 atom stereocenters. The second kappa shape index (κ2) is 6.03. The first kappa shape index (κ1) is 12.4. The summed E-state index contributed by atoms with van der Waals surface area (Å²) in [5.41, 5.74) is 1.35. The van der Waals surface area contributed by atoms with Gasteiger partial charge < -0.3 is 14.8 Å². The number of hydrogen-bond acceptors (Lipinski definition) is 3. The van der Waals surface area contributed by atoms with Gasteiger partial charge in [-0.15, -0.1) is 0 Å². The van der Waals surface area contributed by atoms with Crippen LogP contribution in [0.4, 0.5) is 0 Å². The molecule has 1 aromatic carbocycles. The van der Waals surface area contributed by atoms with Crippen LogP contribution in [0.3, 0.4) is 0 Å². The van der Waals surface area contributed by atoms with Crippen molar-refractivity contribution >= 4 is 0 Å². The van der Waals surface area contributed by atoms with E-state index in [2.05, 4.69) is 23.5 Å². The van der Waals surface area contributed by atoms with E-state index in [1.807, 2.05) is 13.1 Å². The Morgan fingerprint density at radius 2 is 2.29 bits per heavy atom. The third-order valence-electron chi connectivity index (χ3n) is 3.34. The van der Waals surface area contributed by atoms with E-state index in [1.165, 1.54) is 12.0 Å². The quantitative estimate of drug-likeness (QED) is 0.818. The lowest BCUT2D eigenvalue weighted by Crippen LogP contribution is -2.31. The van der Waals surface area contributed by atoms with Gasteiger partial charge in [0.05, 0.1) is 20.3 Å². The van der Waals surface area contributed by atoms with Crippen LogP contribution in [0.5, 0.6) is 5.75 Å². The Hall–Kier alpha value is -1.06. The average molecular weight is 235 g/mol. The molecule has 1 saturated heterocycles. The third kappa shape index (κ3) is 3.20. The standard InChI is InChI=1S/C14H21NO2/c1-15-8-13(6-11-9-17-10-11)12-4-3-5-14(7-12)16-2/h3-5,7,11,13,15H,6,8-10H2,1-2H3. The van der Waals surface area contributed by atoms with Crippen molar-refractivity contribution in [3.8, 4) is 5.75 Å². The number of nitrogens with one attached hydrogen (secondary N) is 1. The van der Waals surface area contributed by atoms with Crippen molar-refractivity contribution in [2.24, 2.45) is 5.92 Å². The molecule has 1 N–H and O–H groups in total. The van der Waals surface area contributed by atoms with Crippen LogP contribution < -0.4 is 10.1 Å². The monoisotopic (exact) mass is 235 g/mol. The van der Waals surface area contributed by atoms with Gasteiger partial charge in [0.1, 0.15) is 5.75 Å². The van der Waals surface area contributed by atoms with Gasteiger partial charge in [0.25, 0.3) is 0 Å². The second-order valence-electron chi connectivity index (χ2n) is 4.67. The van der Waals surface area contributed by atoms with E-state index in [0.29, 0.717) is 5.92 Å². The van der Waals surface area contributed by atoms with Crippen molar-refractivity contribution in [2.75, 3.05) is 33.9 Å². The molecule has 0 spiro atoms. The summed E-state index contributed by atoms with van der Waals surface area (Å²) in [6, 6.07) is 8.38. The van der Waals surface area contributed by atoms with Crippen molar-refractivity contribution in [3.05, 3.63) is 29.8 Å². The highest BCUT2D eigenvalue weighted by Gasteiger charge is 2.23. The summed E-state index contributed by atoms with van der Waals surface area (Å²) in [7, 11) is 3.72. The highest BCUT2D eigenvalue weighted by atomic mass is 16.5. The first-order chi connectivity index (χ1) is 8.33. The molecular formula is C14H21NO2. The average Bonchev–Trinajstić information content (AvgIpc) is 2.32. The number of hydrogen-bond donors (Lipinski definition) is 1. The van der Waals surface area contributed by atoms with Gasteiger partial charge >= 0.3 is 0 Å². The van der Waals surface area contributed by atoms with Crippen LogP contribution >= 0.6 is 0 Å². The topological polar surface area (TPSA) is 30.5 Å². The van der Waals surface area contributed by atoms with E-state index in [4.69, 9.17) is 9.47 Å². The predicted molar refractivity (Wildman–Crippen MR) is 68.6 cm³/mol. The minimum atomic E-state index is 0.545. The third-order valence-corrected chi connectivity index (χ3v) is 3.34. The highest BCUT2D eigenvalue weighted by Crippen LogP contribution is 2.29. The van der Waals surface area contributed by atoms with Crippen LogP contribution in [-0.2, 0) is 4.74 Å². The Morgan fingerprint density at radius 1 is 1.47 bits per heavy atom. The summed E-state index contributed by atoms with van der Waals surface area (Å²) < 4.78 is 10.5. The van der Waals surface area contributed by atoms with Crippen LogP contribution in [0.2, 0.25) is 0 Å². The highest BCUT2D eigenvalue weighted by molar-refractivity contribution is 5.31. The van der Waals surface area contributed by atoms with Crippen molar-refractivity contribution in [2.45, 2.75) is 12.3 Å². The molecule has 1 aromatic rings. The fourth-order valence-electron chi connectivity index (χ4n) is 2.30. The Morgan fingerprint density at radius 3 is 2.88 bits per heavy atom. The minimum absolute atomic E-state index is 0.545.